The summed E-state index contributed by atoms with van der Waals surface area (Å²) in [5.74, 6) is 0.453. The van der Waals surface area contributed by atoms with Crippen molar-refractivity contribution in [3.63, 3.8) is 0 Å². The summed E-state index contributed by atoms with van der Waals surface area (Å²) in [6.07, 6.45) is -0.511. The molecule has 1 atom stereocenters. The van der Waals surface area contributed by atoms with Crippen LogP contribution in [0.1, 0.15) is 13.8 Å². The maximum Gasteiger partial charge on any atom is 0.336 e. The van der Waals surface area contributed by atoms with Gasteiger partial charge in [-0.1, -0.05) is 0 Å². The van der Waals surface area contributed by atoms with Crippen molar-refractivity contribution in [2.24, 2.45) is 0 Å². The molecule has 0 aliphatic heterocycles. The highest BCUT2D eigenvalue weighted by Crippen LogP contribution is 2.20. The molecule has 2 rings (SSSR count). The van der Waals surface area contributed by atoms with Crippen molar-refractivity contribution in [3.8, 4) is 5.75 Å². The third-order valence-corrected chi connectivity index (χ3v) is 2.48. The van der Waals surface area contributed by atoms with Crippen molar-refractivity contribution in [1.29, 1.82) is 0 Å². The van der Waals surface area contributed by atoms with Crippen LogP contribution in [-0.4, -0.2) is 11.9 Å². The predicted molar refractivity (Wildman–Crippen MR) is 63.3 cm³/mol. The molecule has 0 unspecified atom stereocenters. The largest absolute Gasteiger partial charge is 0.483 e. The van der Waals surface area contributed by atoms with E-state index in [2.05, 4.69) is 0 Å². The second-order valence-electron chi connectivity index (χ2n) is 3.82. The first-order valence-corrected chi connectivity index (χ1v) is 5.27. The number of carbonyl (C=O) groups excluding carboxylic acids is 1. The fourth-order valence-electron chi connectivity index (χ4n) is 1.40. The lowest BCUT2D eigenvalue weighted by atomic mass is 10.2. The van der Waals surface area contributed by atoms with Crippen molar-refractivity contribution in [3.05, 3.63) is 40.8 Å². The summed E-state index contributed by atoms with van der Waals surface area (Å²) in [6, 6.07) is 8.17. The standard InChI is InChI=1S/C13H12O4/c1-8(14)9(2)16-11-5-3-10-4-6-13(15)17-12(10)7-11/h3-7,9H,1-2H3/t9-/m0/s1. The van der Waals surface area contributed by atoms with Gasteiger partial charge in [0.2, 0.25) is 0 Å². The molecule has 0 saturated carbocycles. The number of rotatable bonds is 3. The third kappa shape index (κ3) is 2.53. The van der Waals surface area contributed by atoms with E-state index >= 15 is 0 Å². The zero-order valence-corrected chi connectivity index (χ0v) is 9.60. The number of hydrogen-bond donors (Lipinski definition) is 0. The van der Waals surface area contributed by atoms with E-state index in [9.17, 15) is 9.59 Å². The van der Waals surface area contributed by atoms with Crippen molar-refractivity contribution in [1.82, 2.24) is 0 Å². The van der Waals surface area contributed by atoms with E-state index in [4.69, 9.17) is 9.15 Å². The number of ketones is 1. The van der Waals surface area contributed by atoms with Crippen LogP contribution in [0.5, 0.6) is 5.75 Å². The van der Waals surface area contributed by atoms with Gasteiger partial charge < -0.3 is 9.15 Å². The maximum atomic E-state index is 11.1. The first-order valence-electron chi connectivity index (χ1n) is 5.27. The number of hydrogen-bond acceptors (Lipinski definition) is 4. The Bertz CT molecular complexity index is 612. The van der Waals surface area contributed by atoms with Crippen molar-refractivity contribution >= 4 is 16.8 Å². The van der Waals surface area contributed by atoms with Crippen LogP contribution in [0.2, 0.25) is 0 Å². The molecule has 0 aliphatic carbocycles. The first-order chi connectivity index (χ1) is 8.06. The van der Waals surface area contributed by atoms with Gasteiger partial charge in [-0.05, 0) is 32.0 Å². The second-order valence-corrected chi connectivity index (χ2v) is 3.82. The van der Waals surface area contributed by atoms with Crippen LogP contribution in [0.15, 0.2) is 39.5 Å². The Morgan fingerprint density at radius 1 is 1.29 bits per heavy atom. The molecule has 2 aromatic rings. The molecule has 0 bridgehead atoms. The minimum atomic E-state index is -0.511. The van der Waals surface area contributed by atoms with Gasteiger partial charge in [-0.25, -0.2) is 4.79 Å². The maximum absolute atomic E-state index is 11.1. The molecule has 0 amide bonds. The molecule has 17 heavy (non-hydrogen) atoms. The molecule has 0 fully saturated rings. The molecule has 0 radical (unpaired) electrons. The van der Waals surface area contributed by atoms with Crippen molar-refractivity contribution in [2.45, 2.75) is 20.0 Å². The second kappa shape index (κ2) is 4.41. The Morgan fingerprint density at radius 2 is 2.00 bits per heavy atom. The molecule has 0 spiro atoms. The molecule has 88 valence electrons. The Kier molecular flexibility index (Phi) is 2.95. The summed E-state index contributed by atoms with van der Waals surface area (Å²) in [4.78, 5) is 22.1. The summed E-state index contributed by atoms with van der Waals surface area (Å²) in [7, 11) is 0. The molecule has 4 nitrogen and oxygen atoms in total. The summed E-state index contributed by atoms with van der Waals surface area (Å²) in [5, 5.41) is 0.812. The Labute approximate surface area is 97.8 Å². The van der Waals surface area contributed by atoms with Crippen LogP contribution in [0.3, 0.4) is 0 Å². The summed E-state index contributed by atoms with van der Waals surface area (Å²) in [6.45, 7) is 3.14. The van der Waals surface area contributed by atoms with Crippen LogP contribution in [0, 0.1) is 0 Å². The minimum absolute atomic E-state index is 0.0559. The van der Waals surface area contributed by atoms with E-state index in [1.807, 2.05) is 0 Å². The number of carbonyl (C=O) groups is 1. The van der Waals surface area contributed by atoms with E-state index in [1.54, 1.807) is 31.2 Å². The SMILES string of the molecule is CC(=O)[C@H](C)Oc1ccc2ccc(=O)oc2c1. The van der Waals surface area contributed by atoms with E-state index in [0.717, 1.165) is 5.39 Å². The Hall–Kier alpha value is -2.10. The molecule has 0 N–H and O–H groups in total. The van der Waals surface area contributed by atoms with Gasteiger partial charge in [0.15, 0.2) is 11.9 Å². The monoisotopic (exact) mass is 232 g/mol. The van der Waals surface area contributed by atoms with Crippen molar-refractivity contribution < 1.29 is 13.9 Å². The average molecular weight is 232 g/mol. The lowest BCUT2D eigenvalue weighted by Gasteiger charge is -2.11. The van der Waals surface area contributed by atoms with Gasteiger partial charge in [-0.3, -0.25) is 4.79 Å². The quantitative estimate of drug-likeness (QED) is 0.761. The number of fused-ring (bicyclic) bond motifs is 1. The normalized spacial score (nSPS) is 12.4. The predicted octanol–water partition coefficient (Wildman–Crippen LogP) is 2.15. The fraction of sp³-hybridized carbons (Fsp3) is 0.231. The lowest BCUT2D eigenvalue weighted by Crippen LogP contribution is -2.20. The van der Waals surface area contributed by atoms with E-state index in [0.29, 0.717) is 11.3 Å². The lowest BCUT2D eigenvalue weighted by molar-refractivity contribution is -0.122. The Balaban J connectivity index is 2.37. The molecule has 1 heterocycles. The van der Waals surface area contributed by atoms with Crippen LogP contribution in [0.25, 0.3) is 11.0 Å². The molecular weight excluding hydrogens is 220 g/mol. The number of Topliss-reactive ketones (excluding diaryl/α,β-unsaturated/α-hetero) is 1. The molecular formula is C13H12O4. The van der Waals surface area contributed by atoms with Crippen LogP contribution >= 0.6 is 0 Å². The van der Waals surface area contributed by atoms with E-state index < -0.39 is 11.7 Å². The average Bonchev–Trinajstić information content (AvgIpc) is 2.28. The minimum Gasteiger partial charge on any atom is -0.483 e. The zero-order chi connectivity index (χ0) is 12.4. The van der Waals surface area contributed by atoms with Gasteiger partial charge in [0.05, 0.1) is 0 Å². The molecule has 1 aromatic heterocycles. The van der Waals surface area contributed by atoms with E-state index in [-0.39, 0.29) is 5.78 Å². The molecule has 1 aromatic carbocycles. The molecule has 4 heteroatoms. The van der Waals surface area contributed by atoms with E-state index in [1.165, 1.54) is 13.0 Å². The summed E-state index contributed by atoms with van der Waals surface area (Å²) in [5.41, 5.74) is 0.0417. The van der Waals surface area contributed by atoms with Gasteiger partial charge in [0.25, 0.3) is 0 Å². The summed E-state index contributed by atoms with van der Waals surface area (Å²) >= 11 is 0. The summed E-state index contributed by atoms with van der Waals surface area (Å²) < 4.78 is 10.4. The smallest absolute Gasteiger partial charge is 0.336 e. The zero-order valence-electron chi connectivity index (χ0n) is 9.60. The van der Waals surface area contributed by atoms with Gasteiger partial charge in [-0.15, -0.1) is 0 Å². The highest BCUT2D eigenvalue weighted by atomic mass is 16.5. The molecule has 0 aliphatic rings. The van der Waals surface area contributed by atoms with Gasteiger partial charge in [0.1, 0.15) is 11.3 Å². The first kappa shape index (κ1) is 11.4. The number of ether oxygens (including phenoxy) is 1. The third-order valence-electron chi connectivity index (χ3n) is 2.48. The van der Waals surface area contributed by atoms with Crippen LogP contribution < -0.4 is 10.4 Å². The fourth-order valence-corrected chi connectivity index (χ4v) is 1.40. The van der Waals surface area contributed by atoms with Crippen molar-refractivity contribution in [2.75, 3.05) is 0 Å². The number of benzene rings is 1. The van der Waals surface area contributed by atoms with Gasteiger partial charge in [-0.2, -0.15) is 0 Å². The van der Waals surface area contributed by atoms with Crippen LogP contribution in [-0.2, 0) is 4.79 Å². The molecule has 0 saturated heterocycles. The Morgan fingerprint density at radius 3 is 2.71 bits per heavy atom. The van der Waals surface area contributed by atoms with Crippen LogP contribution in [0.4, 0.5) is 0 Å². The van der Waals surface area contributed by atoms with Gasteiger partial charge in [0, 0.05) is 17.5 Å². The van der Waals surface area contributed by atoms with Gasteiger partial charge >= 0.3 is 5.63 Å². The highest BCUT2D eigenvalue weighted by Gasteiger charge is 2.09. The highest BCUT2D eigenvalue weighted by molar-refractivity contribution is 5.81. The topological polar surface area (TPSA) is 56.5 Å².